The van der Waals surface area contributed by atoms with Crippen LogP contribution in [-0.2, 0) is 0 Å². The molecule has 0 aromatic heterocycles. The molecular weight excluding hydrogens is 248 g/mol. The molecule has 1 amide bonds. The lowest BCUT2D eigenvalue weighted by molar-refractivity contribution is 0.0987. The molecule has 20 heavy (non-hydrogen) atoms. The van der Waals surface area contributed by atoms with Gasteiger partial charge in [-0.05, 0) is 44.2 Å². The van der Waals surface area contributed by atoms with Gasteiger partial charge in [0.25, 0.3) is 5.91 Å². The molecule has 0 heterocycles. The van der Waals surface area contributed by atoms with Gasteiger partial charge >= 0.3 is 0 Å². The Morgan fingerprint density at radius 1 is 1.05 bits per heavy atom. The van der Waals surface area contributed by atoms with Crippen LogP contribution in [0.3, 0.4) is 0 Å². The molecular formula is C17H20N2O. The summed E-state index contributed by atoms with van der Waals surface area (Å²) in [6.07, 6.45) is 0.784. The molecule has 0 fully saturated rings. The molecule has 0 aliphatic heterocycles. The summed E-state index contributed by atoms with van der Waals surface area (Å²) in [6.45, 7) is 3.24. The van der Waals surface area contributed by atoms with Gasteiger partial charge in [0.05, 0.1) is 0 Å². The lowest BCUT2D eigenvalue weighted by atomic mass is 10.1. The van der Waals surface area contributed by atoms with Crippen LogP contribution in [-0.4, -0.2) is 19.0 Å². The van der Waals surface area contributed by atoms with Gasteiger partial charge in [-0.1, -0.05) is 35.9 Å². The summed E-state index contributed by atoms with van der Waals surface area (Å²) < 4.78 is 0. The Hall–Kier alpha value is -2.13. The topological polar surface area (TPSA) is 46.3 Å². The van der Waals surface area contributed by atoms with E-state index in [0.29, 0.717) is 18.7 Å². The SMILES string of the molecule is Cc1ccc(N(CCCN)C(=O)c2ccccc2)cc1. The van der Waals surface area contributed by atoms with Gasteiger partial charge in [-0.3, -0.25) is 4.79 Å². The lowest BCUT2D eigenvalue weighted by Gasteiger charge is -2.23. The molecule has 0 spiro atoms. The highest BCUT2D eigenvalue weighted by Crippen LogP contribution is 2.18. The molecule has 2 aromatic carbocycles. The minimum atomic E-state index is 0.0166. The van der Waals surface area contributed by atoms with Crippen molar-refractivity contribution in [1.82, 2.24) is 0 Å². The second-order valence-corrected chi connectivity index (χ2v) is 4.80. The third-order valence-electron chi connectivity index (χ3n) is 3.20. The minimum absolute atomic E-state index is 0.0166. The van der Waals surface area contributed by atoms with Gasteiger partial charge < -0.3 is 10.6 Å². The van der Waals surface area contributed by atoms with Crippen LogP contribution in [0.25, 0.3) is 0 Å². The number of hydrogen-bond acceptors (Lipinski definition) is 2. The molecule has 3 heteroatoms. The van der Waals surface area contributed by atoms with E-state index in [1.165, 1.54) is 5.56 Å². The normalized spacial score (nSPS) is 10.3. The van der Waals surface area contributed by atoms with Crippen LogP contribution in [0.1, 0.15) is 22.3 Å². The Balaban J connectivity index is 2.27. The molecule has 0 saturated carbocycles. The summed E-state index contributed by atoms with van der Waals surface area (Å²) >= 11 is 0. The third kappa shape index (κ3) is 3.45. The van der Waals surface area contributed by atoms with E-state index in [1.54, 1.807) is 4.90 Å². The largest absolute Gasteiger partial charge is 0.330 e. The van der Waals surface area contributed by atoms with Crippen molar-refractivity contribution >= 4 is 11.6 Å². The highest BCUT2D eigenvalue weighted by molar-refractivity contribution is 6.06. The molecule has 0 radical (unpaired) electrons. The quantitative estimate of drug-likeness (QED) is 0.906. The van der Waals surface area contributed by atoms with Gasteiger partial charge in [0, 0.05) is 17.8 Å². The van der Waals surface area contributed by atoms with Gasteiger partial charge in [0.1, 0.15) is 0 Å². The van der Waals surface area contributed by atoms with Crippen molar-refractivity contribution in [1.29, 1.82) is 0 Å². The van der Waals surface area contributed by atoms with E-state index in [0.717, 1.165) is 12.1 Å². The van der Waals surface area contributed by atoms with E-state index in [1.807, 2.05) is 61.5 Å². The smallest absolute Gasteiger partial charge is 0.258 e. The van der Waals surface area contributed by atoms with E-state index in [-0.39, 0.29) is 5.91 Å². The summed E-state index contributed by atoms with van der Waals surface area (Å²) in [5, 5.41) is 0. The molecule has 3 nitrogen and oxygen atoms in total. The zero-order chi connectivity index (χ0) is 14.4. The zero-order valence-electron chi connectivity index (χ0n) is 11.8. The number of nitrogens with zero attached hydrogens (tertiary/aromatic N) is 1. The summed E-state index contributed by atoms with van der Waals surface area (Å²) in [5.74, 6) is 0.0166. The van der Waals surface area contributed by atoms with Crippen molar-refractivity contribution in [3.63, 3.8) is 0 Å². The first kappa shape index (κ1) is 14.3. The number of benzene rings is 2. The molecule has 2 aromatic rings. The van der Waals surface area contributed by atoms with Crippen LogP contribution in [0.4, 0.5) is 5.69 Å². The molecule has 0 bridgehead atoms. The first-order valence-corrected chi connectivity index (χ1v) is 6.86. The predicted molar refractivity (Wildman–Crippen MR) is 83.0 cm³/mol. The number of amides is 1. The monoisotopic (exact) mass is 268 g/mol. The maximum Gasteiger partial charge on any atom is 0.258 e. The van der Waals surface area contributed by atoms with Gasteiger partial charge in [-0.2, -0.15) is 0 Å². The summed E-state index contributed by atoms with van der Waals surface area (Å²) in [5.41, 5.74) is 8.37. The average Bonchev–Trinajstić information content (AvgIpc) is 2.50. The van der Waals surface area contributed by atoms with Crippen molar-refractivity contribution in [2.75, 3.05) is 18.0 Å². The van der Waals surface area contributed by atoms with Gasteiger partial charge in [-0.25, -0.2) is 0 Å². The van der Waals surface area contributed by atoms with Crippen molar-refractivity contribution in [3.05, 3.63) is 65.7 Å². The number of rotatable bonds is 5. The molecule has 0 aliphatic rings. The fourth-order valence-electron chi connectivity index (χ4n) is 2.06. The first-order valence-electron chi connectivity index (χ1n) is 6.86. The maximum absolute atomic E-state index is 12.6. The predicted octanol–water partition coefficient (Wildman–Crippen LogP) is 2.99. The van der Waals surface area contributed by atoms with Crippen molar-refractivity contribution in [3.8, 4) is 0 Å². The highest BCUT2D eigenvalue weighted by Gasteiger charge is 2.16. The lowest BCUT2D eigenvalue weighted by Crippen LogP contribution is -2.32. The van der Waals surface area contributed by atoms with Crippen LogP contribution >= 0.6 is 0 Å². The molecule has 104 valence electrons. The summed E-state index contributed by atoms with van der Waals surface area (Å²) in [6, 6.07) is 17.3. The summed E-state index contributed by atoms with van der Waals surface area (Å²) in [7, 11) is 0. The van der Waals surface area contributed by atoms with Crippen LogP contribution in [0.2, 0.25) is 0 Å². The first-order chi connectivity index (χ1) is 9.72. The second-order valence-electron chi connectivity index (χ2n) is 4.80. The highest BCUT2D eigenvalue weighted by atomic mass is 16.2. The van der Waals surface area contributed by atoms with E-state index in [4.69, 9.17) is 5.73 Å². The number of carbonyl (C=O) groups excluding carboxylic acids is 1. The van der Waals surface area contributed by atoms with Crippen molar-refractivity contribution in [2.45, 2.75) is 13.3 Å². The fraction of sp³-hybridized carbons (Fsp3) is 0.235. The Bertz CT molecular complexity index is 549. The number of carbonyl (C=O) groups is 1. The molecule has 2 rings (SSSR count). The number of aryl methyl sites for hydroxylation is 1. The zero-order valence-corrected chi connectivity index (χ0v) is 11.8. The van der Waals surface area contributed by atoms with Gasteiger partial charge in [0.2, 0.25) is 0 Å². The maximum atomic E-state index is 12.6. The standard InChI is InChI=1S/C17H20N2O/c1-14-8-10-16(11-9-14)19(13-5-12-18)17(20)15-6-3-2-4-7-15/h2-4,6-11H,5,12-13,18H2,1H3. The average molecular weight is 268 g/mol. The summed E-state index contributed by atoms with van der Waals surface area (Å²) in [4.78, 5) is 14.4. The molecule has 2 N–H and O–H groups in total. The van der Waals surface area contributed by atoms with Crippen LogP contribution in [0.15, 0.2) is 54.6 Å². The number of hydrogen-bond donors (Lipinski definition) is 1. The van der Waals surface area contributed by atoms with E-state index in [2.05, 4.69) is 0 Å². The Morgan fingerprint density at radius 3 is 2.30 bits per heavy atom. The minimum Gasteiger partial charge on any atom is -0.330 e. The molecule has 0 aliphatic carbocycles. The number of nitrogens with two attached hydrogens (primary N) is 1. The number of anilines is 1. The Labute approximate surface area is 120 Å². The Kier molecular flexibility index (Phi) is 4.91. The molecule has 0 unspecified atom stereocenters. The molecule has 0 saturated heterocycles. The molecule has 0 atom stereocenters. The van der Waals surface area contributed by atoms with E-state index >= 15 is 0 Å². The van der Waals surface area contributed by atoms with Gasteiger partial charge in [0.15, 0.2) is 0 Å². The van der Waals surface area contributed by atoms with Crippen LogP contribution in [0, 0.1) is 6.92 Å². The Morgan fingerprint density at radius 2 is 1.70 bits per heavy atom. The van der Waals surface area contributed by atoms with E-state index < -0.39 is 0 Å². The second kappa shape index (κ2) is 6.87. The van der Waals surface area contributed by atoms with Gasteiger partial charge in [-0.15, -0.1) is 0 Å². The van der Waals surface area contributed by atoms with Crippen molar-refractivity contribution < 1.29 is 4.79 Å². The van der Waals surface area contributed by atoms with Crippen LogP contribution in [0.5, 0.6) is 0 Å². The van der Waals surface area contributed by atoms with E-state index in [9.17, 15) is 4.79 Å². The third-order valence-corrected chi connectivity index (χ3v) is 3.20. The van der Waals surface area contributed by atoms with Crippen molar-refractivity contribution in [2.24, 2.45) is 5.73 Å². The van der Waals surface area contributed by atoms with Crippen LogP contribution < -0.4 is 10.6 Å². The fourth-order valence-corrected chi connectivity index (χ4v) is 2.06.